The Morgan fingerprint density at radius 2 is 2.16 bits per heavy atom. The summed E-state index contributed by atoms with van der Waals surface area (Å²) in [4.78, 5) is 11.6. The molecule has 1 aliphatic heterocycles. The van der Waals surface area contributed by atoms with Gasteiger partial charge in [0.25, 0.3) is 0 Å². The van der Waals surface area contributed by atoms with Crippen molar-refractivity contribution in [3.05, 3.63) is 11.4 Å². The molecule has 1 aliphatic carbocycles. The summed E-state index contributed by atoms with van der Waals surface area (Å²) in [6.45, 7) is 6.54. The molecule has 0 aromatic carbocycles. The van der Waals surface area contributed by atoms with Gasteiger partial charge in [0.05, 0.1) is 19.3 Å². The minimum absolute atomic E-state index is 0.333. The highest BCUT2D eigenvalue weighted by molar-refractivity contribution is 5.59. The van der Waals surface area contributed by atoms with Gasteiger partial charge in [-0.3, -0.25) is 0 Å². The number of anilines is 2. The number of aromatic nitrogens is 2. The SMILES string of the molecule is Cc1c(NN)nc(C2CC2)nc1N1CCOCC1C. The minimum atomic E-state index is 0.333. The minimum Gasteiger partial charge on any atom is -0.377 e. The molecule has 6 nitrogen and oxygen atoms in total. The van der Waals surface area contributed by atoms with Crippen LogP contribution in [0.15, 0.2) is 0 Å². The second-order valence-corrected chi connectivity index (χ2v) is 5.41. The van der Waals surface area contributed by atoms with Crippen LogP contribution in [0.3, 0.4) is 0 Å². The van der Waals surface area contributed by atoms with E-state index in [0.717, 1.165) is 42.8 Å². The van der Waals surface area contributed by atoms with E-state index in [0.29, 0.717) is 12.0 Å². The van der Waals surface area contributed by atoms with Gasteiger partial charge in [0.15, 0.2) is 0 Å². The average molecular weight is 263 g/mol. The largest absolute Gasteiger partial charge is 0.377 e. The van der Waals surface area contributed by atoms with Crippen LogP contribution in [0.1, 0.15) is 37.1 Å². The number of nitrogens with zero attached hydrogens (tertiary/aromatic N) is 3. The number of nitrogens with one attached hydrogen (secondary N) is 1. The molecule has 2 fully saturated rings. The normalized spacial score (nSPS) is 23.5. The summed E-state index contributed by atoms with van der Waals surface area (Å²) >= 11 is 0. The molecule has 0 spiro atoms. The quantitative estimate of drug-likeness (QED) is 0.630. The van der Waals surface area contributed by atoms with Gasteiger partial charge in [-0.1, -0.05) is 0 Å². The van der Waals surface area contributed by atoms with E-state index in [-0.39, 0.29) is 0 Å². The van der Waals surface area contributed by atoms with Gasteiger partial charge in [-0.15, -0.1) is 0 Å². The van der Waals surface area contributed by atoms with Crippen LogP contribution in [0.5, 0.6) is 0 Å². The van der Waals surface area contributed by atoms with Gasteiger partial charge in [-0.05, 0) is 26.7 Å². The van der Waals surface area contributed by atoms with Crippen LogP contribution in [0, 0.1) is 6.92 Å². The van der Waals surface area contributed by atoms with Crippen LogP contribution >= 0.6 is 0 Å². The number of rotatable bonds is 3. The van der Waals surface area contributed by atoms with Crippen molar-refractivity contribution in [2.45, 2.75) is 38.6 Å². The maximum Gasteiger partial charge on any atom is 0.148 e. The molecule has 2 aliphatic rings. The van der Waals surface area contributed by atoms with Crippen LogP contribution in [0.2, 0.25) is 0 Å². The zero-order valence-electron chi connectivity index (χ0n) is 11.5. The Balaban J connectivity index is 2.00. The average Bonchev–Trinajstić information content (AvgIpc) is 3.24. The first-order chi connectivity index (χ1) is 9.20. The molecule has 1 aromatic heterocycles. The van der Waals surface area contributed by atoms with Crippen LogP contribution in [0.4, 0.5) is 11.6 Å². The standard InChI is InChI=1S/C13H21N5O/c1-8-7-19-6-5-18(8)13-9(2)11(17-14)15-12(16-13)10-3-4-10/h8,10H,3-7,14H2,1-2H3,(H,15,16,17). The van der Waals surface area contributed by atoms with Crippen molar-refractivity contribution in [3.8, 4) is 0 Å². The molecule has 1 atom stereocenters. The fourth-order valence-electron chi connectivity index (χ4n) is 2.51. The summed E-state index contributed by atoms with van der Waals surface area (Å²) in [5.74, 6) is 8.77. The lowest BCUT2D eigenvalue weighted by molar-refractivity contribution is 0.0984. The molecule has 1 saturated carbocycles. The molecule has 104 valence electrons. The smallest absolute Gasteiger partial charge is 0.148 e. The van der Waals surface area contributed by atoms with Gasteiger partial charge >= 0.3 is 0 Å². The predicted octanol–water partition coefficient (Wildman–Crippen LogP) is 1.17. The van der Waals surface area contributed by atoms with E-state index in [1.807, 2.05) is 6.92 Å². The van der Waals surface area contributed by atoms with Gasteiger partial charge in [0, 0.05) is 18.0 Å². The van der Waals surface area contributed by atoms with Gasteiger partial charge in [-0.25, -0.2) is 15.8 Å². The lowest BCUT2D eigenvalue weighted by Gasteiger charge is -2.35. The highest BCUT2D eigenvalue weighted by Crippen LogP contribution is 2.40. The number of nitrogens with two attached hydrogens (primary N) is 1. The number of morpholine rings is 1. The van der Waals surface area contributed by atoms with E-state index >= 15 is 0 Å². The Hall–Kier alpha value is -1.40. The number of ether oxygens (including phenoxy) is 1. The summed E-state index contributed by atoms with van der Waals surface area (Å²) in [5, 5.41) is 0. The molecule has 1 aromatic rings. The Morgan fingerprint density at radius 1 is 1.37 bits per heavy atom. The highest BCUT2D eigenvalue weighted by Gasteiger charge is 2.30. The third-order valence-corrected chi connectivity index (χ3v) is 3.86. The fraction of sp³-hybridized carbons (Fsp3) is 0.692. The van der Waals surface area contributed by atoms with E-state index in [1.165, 1.54) is 12.8 Å². The van der Waals surface area contributed by atoms with Crippen molar-refractivity contribution >= 4 is 11.6 Å². The lowest BCUT2D eigenvalue weighted by atomic mass is 10.2. The number of hydrogen-bond donors (Lipinski definition) is 2. The molecule has 2 heterocycles. The zero-order chi connectivity index (χ0) is 13.4. The van der Waals surface area contributed by atoms with Gasteiger partial charge in [0.1, 0.15) is 17.5 Å². The van der Waals surface area contributed by atoms with Gasteiger partial charge in [-0.2, -0.15) is 0 Å². The van der Waals surface area contributed by atoms with Gasteiger partial charge < -0.3 is 15.1 Å². The molecular weight excluding hydrogens is 242 g/mol. The predicted molar refractivity (Wildman–Crippen MR) is 74.2 cm³/mol. The van der Waals surface area contributed by atoms with Crippen LogP contribution in [-0.2, 0) is 4.74 Å². The van der Waals surface area contributed by atoms with E-state index in [4.69, 9.17) is 15.6 Å². The molecule has 3 N–H and O–H groups in total. The summed E-state index contributed by atoms with van der Waals surface area (Å²) in [7, 11) is 0. The van der Waals surface area contributed by atoms with Crippen LogP contribution in [0.25, 0.3) is 0 Å². The molecule has 0 bridgehead atoms. The maximum absolute atomic E-state index is 5.59. The molecule has 19 heavy (non-hydrogen) atoms. The monoisotopic (exact) mass is 263 g/mol. The van der Waals surface area contributed by atoms with Crippen molar-refractivity contribution in [1.82, 2.24) is 9.97 Å². The van der Waals surface area contributed by atoms with Crippen molar-refractivity contribution < 1.29 is 4.74 Å². The first-order valence-electron chi connectivity index (χ1n) is 6.90. The maximum atomic E-state index is 5.59. The molecule has 6 heteroatoms. The Labute approximate surface area is 113 Å². The second kappa shape index (κ2) is 4.94. The summed E-state index contributed by atoms with van der Waals surface area (Å²) < 4.78 is 5.49. The summed E-state index contributed by atoms with van der Waals surface area (Å²) in [5.41, 5.74) is 3.72. The second-order valence-electron chi connectivity index (χ2n) is 5.41. The first-order valence-corrected chi connectivity index (χ1v) is 6.90. The summed E-state index contributed by atoms with van der Waals surface area (Å²) in [6, 6.07) is 0.333. The number of hydrogen-bond acceptors (Lipinski definition) is 6. The third kappa shape index (κ3) is 2.37. The Kier molecular flexibility index (Phi) is 3.28. The molecule has 1 unspecified atom stereocenters. The van der Waals surface area contributed by atoms with E-state index in [1.54, 1.807) is 0 Å². The van der Waals surface area contributed by atoms with Crippen molar-refractivity contribution in [1.29, 1.82) is 0 Å². The van der Waals surface area contributed by atoms with E-state index in [9.17, 15) is 0 Å². The van der Waals surface area contributed by atoms with Crippen LogP contribution in [-0.4, -0.2) is 35.8 Å². The summed E-state index contributed by atoms with van der Waals surface area (Å²) in [6.07, 6.45) is 2.37. The number of hydrazine groups is 1. The van der Waals surface area contributed by atoms with Crippen molar-refractivity contribution in [2.24, 2.45) is 5.84 Å². The first kappa shape index (κ1) is 12.6. The third-order valence-electron chi connectivity index (χ3n) is 3.86. The molecule has 1 saturated heterocycles. The van der Waals surface area contributed by atoms with Crippen molar-refractivity contribution in [2.75, 3.05) is 30.1 Å². The van der Waals surface area contributed by atoms with Gasteiger partial charge in [0.2, 0.25) is 0 Å². The lowest BCUT2D eigenvalue weighted by Crippen LogP contribution is -2.44. The zero-order valence-corrected chi connectivity index (χ0v) is 11.5. The molecule has 0 radical (unpaired) electrons. The number of nitrogen functional groups attached to an aromatic ring is 1. The van der Waals surface area contributed by atoms with E-state index in [2.05, 4.69) is 22.2 Å². The molecular formula is C13H21N5O. The highest BCUT2D eigenvalue weighted by atomic mass is 16.5. The van der Waals surface area contributed by atoms with Crippen LogP contribution < -0.4 is 16.2 Å². The van der Waals surface area contributed by atoms with Crippen molar-refractivity contribution in [3.63, 3.8) is 0 Å². The Morgan fingerprint density at radius 3 is 2.79 bits per heavy atom. The Bertz CT molecular complexity index is 474. The fourth-order valence-corrected chi connectivity index (χ4v) is 2.51. The molecule has 3 rings (SSSR count). The topological polar surface area (TPSA) is 76.3 Å². The molecule has 0 amide bonds. The van der Waals surface area contributed by atoms with E-state index < -0.39 is 0 Å².